The Balaban J connectivity index is 1.45. The summed E-state index contributed by atoms with van der Waals surface area (Å²) < 4.78 is 30.2. The third-order valence-corrected chi connectivity index (χ3v) is 7.40. The molecule has 2 aromatic rings. The fourth-order valence-corrected chi connectivity index (χ4v) is 6.17. The molecular weight excluding hydrogens is 370 g/mol. The summed E-state index contributed by atoms with van der Waals surface area (Å²) in [5.74, 6) is -0.801. The first-order valence-corrected chi connectivity index (χ1v) is 10.4. The minimum Gasteiger partial charge on any atom is -0.459 e. The summed E-state index contributed by atoms with van der Waals surface area (Å²) in [6.07, 6.45) is 4.77. The Bertz CT molecular complexity index is 943. The number of hydrogen-bond acceptors (Lipinski definition) is 6. The minimum absolute atomic E-state index is 0.0934. The molecule has 1 N–H and O–H groups in total. The Morgan fingerprint density at radius 2 is 2.11 bits per heavy atom. The maximum absolute atomic E-state index is 12.5. The SMILES string of the molecule is O=C(Cc1cccnc1)N[C@@H]1CS(=O)(=O)[C@H]2CN(C(=O)c3ccco3)C[C@@H]12. The van der Waals surface area contributed by atoms with Gasteiger partial charge in [0.2, 0.25) is 5.91 Å². The van der Waals surface area contributed by atoms with Crippen LogP contribution in [0.2, 0.25) is 0 Å². The molecule has 0 unspecified atom stereocenters. The lowest BCUT2D eigenvalue weighted by Crippen LogP contribution is -2.43. The topological polar surface area (TPSA) is 110 Å². The Hall–Kier alpha value is -2.68. The minimum atomic E-state index is -3.38. The van der Waals surface area contributed by atoms with E-state index in [1.165, 1.54) is 11.2 Å². The Labute approximate surface area is 156 Å². The molecule has 142 valence electrons. The summed E-state index contributed by atoms with van der Waals surface area (Å²) in [5, 5.41) is 2.19. The molecule has 0 spiro atoms. The smallest absolute Gasteiger partial charge is 0.289 e. The molecule has 27 heavy (non-hydrogen) atoms. The van der Waals surface area contributed by atoms with Gasteiger partial charge < -0.3 is 14.6 Å². The number of pyridine rings is 1. The van der Waals surface area contributed by atoms with E-state index in [1.807, 2.05) is 0 Å². The van der Waals surface area contributed by atoms with E-state index >= 15 is 0 Å². The van der Waals surface area contributed by atoms with Crippen LogP contribution in [0.3, 0.4) is 0 Å². The number of rotatable bonds is 4. The van der Waals surface area contributed by atoms with E-state index in [2.05, 4.69) is 10.3 Å². The second-order valence-corrected chi connectivity index (χ2v) is 9.20. The monoisotopic (exact) mass is 389 g/mol. The van der Waals surface area contributed by atoms with Crippen molar-refractivity contribution in [2.24, 2.45) is 5.92 Å². The molecule has 2 fully saturated rings. The highest BCUT2D eigenvalue weighted by Crippen LogP contribution is 2.34. The number of furan rings is 1. The molecule has 0 aromatic carbocycles. The van der Waals surface area contributed by atoms with Crippen LogP contribution < -0.4 is 5.32 Å². The fourth-order valence-electron chi connectivity index (χ4n) is 3.88. The van der Waals surface area contributed by atoms with Gasteiger partial charge in [-0.3, -0.25) is 14.6 Å². The summed E-state index contributed by atoms with van der Waals surface area (Å²) in [6, 6.07) is 6.20. The maximum atomic E-state index is 12.5. The van der Waals surface area contributed by atoms with E-state index < -0.39 is 21.1 Å². The van der Waals surface area contributed by atoms with Gasteiger partial charge in [0.05, 0.1) is 23.7 Å². The van der Waals surface area contributed by atoms with E-state index in [0.717, 1.165) is 5.56 Å². The molecule has 4 rings (SSSR count). The average Bonchev–Trinajstić information content (AvgIpc) is 3.35. The number of carbonyl (C=O) groups is 2. The van der Waals surface area contributed by atoms with Gasteiger partial charge >= 0.3 is 0 Å². The first kappa shape index (κ1) is 17.7. The van der Waals surface area contributed by atoms with Crippen molar-refractivity contribution in [1.82, 2.24) is 15.2 Å². The lowest BCUT2D eigenvalue weighted by molar-refractivity contribution is -0.121. The predicted molar refractivity (Wildman–Crippen MR) is 95.5 cm³/mol. The van der Waals surface area contributed by atoms with Gasteiger partial charge in [-0.15, -0.1) is 0 Å². The Kier molecular flexibility index (Phi) is 4.47. The van der Waals surface area contributed by atoms with Crippen LogP contribution in [0.4, 0.5) is 0 Å². The van der Waals surface area contributed by atoms with Crippen LogP contribution in [-0.4, -0.2) is 60.3 Å². The lowest BCUT2D eigenvalue weighted by Gasteiger charge is -2.20. The lowest BCUT2D eigenvalue weighted by atomic mass is 10.00. The van der Waals surface area contributed by atoms with E-state index in [-0.39, 0.29) is 48.8 Å². The molecule has 2 aromatic heterocycles. The predicted octanol–water partition coefficient (Wildman–Crippen LogP) is 0.271. The maximum Gasteiger partial charge on any atom is 0.289 e. The van der Waals surface area contributed by atoms with Gasteiger partial charge in [0.1, 0.15) is 0 Å². The molecular formula is C18H19N3O5S. The van der Waals surface area contributed by atoms with Crippen molar-refractivity contribution in [3.8, 4) is 0 Å². The number of carbonyl (C=O) groups excluding carboxylic acids is 2. The van der Waals surface area contributed by atoms with Crippen molar-refractivity contribution in [1.29, 1.82) is 0 Å². The molecule has 2 amide bonds. The second-order valence-electron chi connectivity index (χ2n) is 6.93. The molecule has 2 saturated heterocycles. The second kappa shape index (κ2) is 6.80. The number of nitrogens with zero attached hydrogens (tertiary/aromatic N) is 2. The van der Waals surface area contributed by atoms with Gasteiger partial charge in [0.15, 0.2) is 15.6 Å². The van der Waals surface area contributed by atoms with Gasteiger partial charge in [0.25, 0.3) is 5.91 Å². The molecule has 2 aliphatic heterocycles. The summed E-state index contributed by atoms with van der Waals surface area (Å²) >= 11 is 0. The van der Waals surface area contributed by atoms with Crippen molar-refractivity contribution in [2.75, 3.05) is 18.8 Å². The number of nitrogens with one attached hydrogen (secondary N) is 1. The fraction of sp³-hybridized carbons (Fsp3) is 0.389. The van der Waals surface area contributed by atoms with Crippen molar-refractivity contribution in [3.63, 3.8) is 0 Å². The van der Waals surface area contributed by atoms with Gasteiger partial charge in [-0.1, -0.05) is 6.07 Å². The number of hydrogen-bond donors (Lipinski definition) is 1. The van der Waals surface area contributed by atoms with Gasteiger partial charge in [-0.2, -0.15) is 0 Å². The van der Waals surface area contributed by atoms with Crippen LogP contribution >= 0.6 is 0 Å². The molecule has 2 aliphatic rings. The summed E-state index contributed by atoms with van der Waals surface area (Å²) in [7, 11) is -3.38. The number of aromatic nitrogens is 1. The molecule has 0 bridgehead atoms. The van der Waals surface area contributed by atoms with Gasteiger partial charge in [-0.05, 0) is 23.8 Å². The Morgan fingerprint density at radius 1 is 1.26 bits per heavy atom. The third-order valence-electron chi connectivity index (χ3n) is 5.15. The van der Waals surface area contributed by atoms with Crippen molar-refractivity contribution >= 4 is 21.7 Å². The highest BCUT2D eigenvalue weighted by Gasteiger charge is 2.53. The molecule has 0 aliphatic carbocycles. The van der Waals surface area contributed by atoms with E-state index in [0.29, 0.717) is 0 Å². The number of likely N-dealkylation sites (tertiary alicyclic amines) is 1. The zero-order valence-electron chi connectivity index (χ0n) is 14.4. The molecule has 4 heterocycles. The zero-order valence-corrected chi connectivity index (χ0v) is 15.3. The molecule has 9 heteroatoms. The van der Waals surface area contributed by atoms with Crippen LogP contribution in [0.15, 0.2) is 47.3 Å². The molecule has 3 atom stereocenters. The molecule has 0 saturated carbocycles. The van der Waals surface area contributed by atoms with Crippen LogP contribution in [0.25, 0.3) is 0 Å². The van der Waals surface area contributed by atoms with Crippen LogP contribution in [0.5, 0.6) is 0 Å². The normalized spacial score (nSPS) is 25.9. The first-order valence-electron chi connectivity index (χ1n) is 8.66. The van der Waals surface area contributed by atoms with E-state index in [4.69, 9.17) is 4.42 Å². The molecule has 0 radical (unpaired) electrons. The largest absolute Gasteiger partial charge is 0.459 e. The van der Waals surface area contributed by atoms with Crippen LogP contribution in [0.1, 0.15) is 16.1 Å². The highest BCUT2D eigenvalue weighted by atomic mass is 32.2. The number of sulfone groups is 1. The Morgan fingerprint density at radius 3 is 2.81 bits per heavy atom. The molecule has 8 nitrogen and oxygen atoms in total. The van der Waals surface area contributed by atoms with Crippen LogP contribution in [-0.2, 0) is 21.1 Å². The highest BCUT2D eigenvalue weighted by molar-refractivity contribution is 7.92. The van der Waals surface area contributed by atoms with E-state index in [9.17, 15) is 18.0 Å². The van der Waals surface area contributed by atoms with E-state index in [1.54, 1.807) is 36.7 Å². The van der Waals surface area contributed by atoms with Crippen molar-refractivity contribution < 1.29 is 22.4 Å². The summed E-state index contributed by atoms with van der Waals surface area (Å²) in [4.78, 5) is 30.3. The van der Waals surface area contributed by atoms with Crippen molar-refractivity contribution in [3.05, 3.63) is 54.2 Å². The zero-order chi connectivity index (χ0) is 19.0. The number of fused-ring (bicyclic) bond motifs is 1. The van der Waals surface area contributed by atoms with Crippen LogP contribution in [0, 0.1) is 5.92 Å². The number of amides is 2. The van der Waals surface area contributed by atoms with Gasteiger partial charge in [-0.25, -0.2) is 8.42 Å². The standard InChI is InChI=1S/C18H19N3O5S/c22-17(7-12-3-1-5-19-8-12)20-14-11-27(24,25)16-10-21(9-13(14)16)18(23)15-4-2-6-26-15/h1-6,8,13-14,16H,7,9-11H2,(H,20,22)/t13-,14+,16-/m0/s1. The third kappa shape index (κ3) is 3.46. The summed E-state index contributed by atoms with van der Waals surface area (Å²) in [5.41, 5.74) is 0.758. The van der Waals surface area contributed by atoms with Crippen molar-refractivity contribution in [2.45, 2.75) is 17.7 Å². The average molecular weight is 389 g/mol. The first-order chi connectivity index (χ1) is 12.9. The summed E-state index contributed by atoms with van der Waals surface area (Å²) in [6.45, 7) is 0.406. The van der Waals surface area contributed by atoms with Gasteiger partial charge in [0, 0.05) is 37.4 Å². The quantitative estimate of drug-likeness (QED) is 0.804.